The minimum atomic E-state index is 0.500. The molecule has 2 heterocycles. The summed E-state index contributed by atoms with van der Waals surface area (Å²) in [6, 6.07) is 2.05. The lowest BCUT2D eigenvalue weighted by Crippen LogP contribution is -2.04. The molecular formula is C10H12N4S2. The molecule has 0 radical (unpaired) electrons. The van der Waals surface area contributed by atoms with Crippen molar-refractivity contribution in [2.24, 2.45) is 5.73 Å². The number of rotatable bonds is 3. The summed E-state index contributed by atoms with van der Waals surface area (Å²) < 4.78 is 4.86. The summed E-state index contributed by atoms with van der Waals surface area (Å²) in [5.74, 6) is 0. The van der Waals surface area contributed by atoms with Crippen molar-refractivity contribution in [3.8, 4) is 0 Å². The monoisotopic (exact) mass is 252 g/mol. The van der Waals surface area contributed by atoms with Crippen molar-refractivity contribution in [3.63, 3.8) is 0 Å². The fourth-order valence-corrected chi connectivity index (χ4v) is 3.07. The lowest BCUT2D eigenvalue weighted by atomic mass is 10.1. The molecule has 2 N–H and O–H groups in total. The zero-order valence-corrected chi connectivity index (χ0v) is 10.7. The van der Waals surface area contributed by atoms with Gasteiger partial charge in [-0.2, -0.15) is 4.37 Å². The first-order valence-corrected chi connectivity index (χ1v) is 6.41. The molecular weight excluding hydrogens is 240 g/mol. The predicted octanol–water partition coefficient (Wildman–Crippen LogP) is 2.16. The molecule has 4 nitrogen and oxygen atoms in total. The summed E-state index contributed by atoms with van der Waals surface area (Å²) in [7, 11) is 0. The summed E-state index contributed by atoms with van der Waals surface area (Å²) in [5, 5.41) is 0.941. The molecule has 2 aromatic heterocycles. The quantitative estimate of drug-likeness (QED) is 0.907. The second kappa shape index (κ2) is 4.90. The van der Waals surface area contributed by atoms with Crippen LogP contribution < -0.4 is 5.73 Å². The van der Waals surface area contributed by atoms with E-state index in [1.54, 1.807) is 6.33 Å². The van der Waals surface area contributed by atoms with E-state index in [1.165, 1.54) is 28.9 Å². The maximum atomic E-state index is 5.74. The highest BCUT2D eigenvalue weighted by atomic mass is 32.2. The van der Waals surface area contributed by atoms with Crippen LogP contribution in [0, 0.1) is 13.8 Å². The van der Waals surface area contributed by atoms with Gasteiger partial charge in [0.1, 0.15) is 11.4 Å². The molecule has 0 saturated heterocycles. The Kier molecular flexibility index (Phi) is 3.52. The molecule has 16 heavy (non-hydrogen) atoms. The predicted molar refractivity (Wildman–Crippen MR) is 65.6 cm³/mol. The Bertz CT molecular complexity index is 482. The van der Waals surface area contributed by atoms with Gasteiger partial charge in [-0.1, -0.05) is 0 Å². The minimum Gasteiger partial charge on any atom is -0.326 e. The molecule has 0 unspecified atom stereocenters. The second-order valence-corrected chi connectivity index (χ2v) is 5.39. The van der Waals surface area contributed by atoms with Gasteiger partial charge in [-0.15, -0.1) is 0 Å². The average molecular weight is 252 g/mol. The van der Waals surface area contributed by atoms with Gasteiger partial charge in [0.05, 0.1) is 0 Å². The van der Waals surface area contributed by atoms with Crippen molar-refractivity contribution in [1.82, 2.24) is 14.3 Å². The van der Waals surface area contributed by atoms with Gasteiger partial charge in [0.2, 0.25) is 0 Å². The molecule has 84 valence electrons. The zero-order chi connectivity index (χ0) is 11.5. The number of nitrogens with two attached hydrogens (primary N) is 1. The van der Waals surface area contributed by atoms with E-state index in [0.29, 0.717) is 6.54 Å². The largest absolute Gasteiger partial charge is 0.326 e. The van der Waals surface area contributed by atoms with Crippen LogP contribution in [0.3, 0.4) is 0 Å². The normalized spacial score (nSPS) is 10.7. The third-order valence-corrected chi connectivity index (χ3v) is 3.91. The van der Waals surface area contributed by atoms with Crippen LogP contribution in [-0.2, 0) is 6.54 Å². The maximum absolute atomic E-state index is 5.74. The summed E-state index contributed by atoms with van der Waals surface area (Å²) in [5.41, 5.74) is 9.02. The smallest absolute Gasteiger partial charge is 0.176 e. The fraction of sp³-hybridized carbons (Fsp3) is 0.300. The van der Waals surface area contributed by atoms with Crippen molar-refractivity contribution < 1.29 is 0 Å². The van der Waals surface area contributed by atoms with Crippen LogP contribution in [0.4, 0.5) is 0 Å². The number of hydrogen-bond acceptors (Lipinski definition) is 6. The van der Waals surface area contributed by atoms with Crippen molar-refractivity contribution in [2.75, 3.05) is 0 Å². The average Bonchev–Trinajstić information content (AvgIpc) is 2.70. The highest BCUT2D eigenvalue weighted by molar-refractivity contribution is 8.00. The van der Waals surface area contributed by atoms with Gasteiger partial charge < -0.3 is 5.73 Å². The number of hydrogen-bond donors (Lipinski definition) is 1. The molecule has 0 spiro atoms. The topological polar surface area (TPSA) is 64.7 Å². The van der Waals surface area contributed by atoms with Crippen LogP contribution in [0.2, 0.25) is 0 Å². The molecule has 2 rings (SSSR count). The number of nitrogens with zero attached hydrogens (tertiary/aromatic N) is 3. The highest BCUT2D eigenvalue weighted by Gasteiger charge is 2.10. The molecule has 0 amide bonds. The Labute approximate surface area is 102 Å². The highest BCUT2D eigenvalue weighted by Crippen LogP contribution is 2.30. The molecule has 6 heteroatoms. The molecule has 0 fully saturated rings. The van der Waals surface area contributed by atoms with Crippen molar-refractivity contribution in [1.29, 1.82) is 0 Å². The molecule has 0 atom stereocenters. The lowest BCUT2D eigenvalue weighted by Gasteiger charge is -2.09. The molecule has 0 aromatic carbocycles. The van der Waals surface area contributed by atoms with Gasteiger partial charge >= 0.3 is 0 Å². The number of pyridine rings is 1. The van der Waals surface area contributed by atoms with Crippen LogP contribution in [0.1, 0.15) is 16.8 Å². The van der Waals surface area contributed by atoms with Crippen LogP contribution in [-0.4, -0.2) is 14.3 Å². The summed E-state index contributed by atoms with van der Waals surface area (Å²) in [6.07, 6.45) is 1.55. The second-order valence-electron chi connectivity index (χ2n) is 3.38. The van der Waals surface area contributed by atoms with E-state index in [-0.39, 0.29) is 0 Å². The van der Waals surface area contributed by atoms with Crippen molar-refractivity contribution in [2.45, 2.75) is 29.8 Å². The molecule has 0 bridgehead atoms. The van der Waals surface area contributed by atoms with Gasteiger partial charge in [0.25, 0.3) is 0 Å². The molecule has 0 aliphatic rings. The first-order chi connectivity index (χ1) is 7.70. The van der Waals surface area contributed by atoms with Gasteiger partial charge in [-0.3, -0.25) is 0 Å². The number of aromatic nitrogens is 3. The first-order valence-electron chi connectivity index (χ1n) is 4.82. The standard InChI is InChI=1S/C10H12N4S2/c1-6-3-7(2)14-9(8(6)4-11)15-10-12-5-13-16-10/h3,5H,4,11H2,1-2H3. The summed E-state index contributed by atoms with van der Waals surface area (Å²) in [4.78, 5) is 8.64. The van der Waals surface area contributed by atoms with E-state index in [9.17, 15) is 0 Å². The first kappa shape index (κ1) is 11.5. The van der Waals surface area contributed by atoms with Gasteiger partial charge in [0, 0.05) is 17.8 Å². The number of aryl methyl sites for hydroxylation is 2. The zero-order valence-electron chi connectivity index (χ0n) is 9.10. The summed E-state index contributed by atoms with van der Waals surface area (Å²) >= 11 is 2.90. The van der Waals surface area contributed by atoms with Crippen molar-refractivity contribution >= 4 is 23.3 Å². The van der Waals surface area contributed by atoms with E-state index < -0.39 is 0 Å². The molecule has 0 saturated carbocycles. The Balaban J connectivity index is 2.39. The summed E-state index contributed by atoms with van der Waals surface area (Å²) in [6.45, 7) is 4.54. The van der Waals surface area contributed by atoms with Crippen molar-refractivity contribution in [3.05, 3.63) is 29.2 Å². The van der Waals surface area contributed by atoms with E-state index in [2.05, 4.69) is 21.3 Å². The van der Waals surface area contributed by atoms with E-state index in [0.717, 1.165) is 20.6 Å². The van der Waals surface area contributed by atoms with Crippen LogP contribution >= 0.6 is 23.3 Å². The van der Waals surface area contributed by atoms with Crippen LogP contribution in [0.5, 0.6) is 0 Å². The van der Waals surface area contributed by atoms with Gasteiger partial charge in [0.15, 0.2) is 4.34 Å². The maximum Gasteiger partial charge on any atom is 0.176 e. The Morgan fingerprint density at radius 3 is 2.88 bits per heavy atom. The third-order valence-electron chi connectivity index (χ3n) is 2.17. The van der Waals surface area contributed by atoms with E-state index >= 15 is 0 Å². The van der Waals surface area contributed by atoms with Crippen LogP contribution in [0.25, 0.3) is 0 Å². The fourth-order valence-electron chi connectivity index (χ4n) is 1.45. The lowest BCUT2D eigenvalue weighted by molar-refractivity contribution is 0.921. The van der Waals surface area contributed by atoms with Crippen LogP contribution in [0.15, 0.2) is 21.8 Å². The minimum absolute atomic E-state index is 0.500. The SMILES string of the molecule is Cc1cc(C)c(CN)c(Sc2ncns2)n1. The van der Waals surface area contributed by atoms with E-state index in [1.807, 2.05) is 13.0 Å². The molecule has 2 aromatic rings. The third kappa shape index (κ3) is 2.40. The Morgan fingerprint density at radius 2 is 2.25 bits per heavy atom. The Hall–Kier alpha value is -0.980. The molecule has 0 aliphatic heterocycles. The molecule has 0 aliphatic carbocycles. The van der Waals surface area contributed by atoms with Gasteiger partial charge in [-0.05, 0) is 48.8 Å². The van der Waals surface area contributed by atoms with E-state index in [4.69, 9.17) is 5.73 Å². The Morgan fingerprint density at radius 1 is 1.44 bits per heavy atom. The van der Waals surface area contributed by atoms with Gasteiger partial charge in [-0.25, -0.2) is 9.97 Å².